The van der Waals surface area contributed by atoms with E-state index in [1.165, 1.54) is 0 Å². The van der Waals surface area contributed by atoms with Gasteiger partial charge in [-0.15, -0.1) is 0 Å². The standard InChI is InChI=1S/C29H44N4O4/c1-8-29(5,6)25(27(36)33-17-21(28(2,3)4)24-23(33)22(34)18-37-24)30-26(35)19-9-11-20(12-10-19)32-15-13-31(7)14-16-32/h9-12,21,23-25H,8,13-18H2,1-7H3,(H,30,35)/t21-,23+,24+,25+/m0/s1. The van der Waals surface area contributed by atoms with Gasteiger partial charge in [-0.3, -0.25) is 14.4 Å². The predicted molar refractivity (Wildman–Crippen MR) is 145 cm³/mol. The minimum Gasteiger partial charge on any atom is -0.369 e. The molecule has 0 bridgehead atoms. The molecule has 0 saturated carbocycles. The zero-order valence-electron chi connectivity index (χ0n) is 23.5. The van der Waals surface area contributed by atoms with Crippen molar-refractivity contribution < 1.29 is 19.1 Å². The van der Waals surface area contributed by atoms with Gasteiger partial charge in [0.1, 0.15) is 18.7 Å². The van der Waals surface area contributed by atoms with E-state index in [0.717, 1.165) is 31.9 Å². The second kappa shape index (κ2) is 10.4. The SMILES string of the molecule is CCC(C)(C)[C@H](NC(=O)c1ccc(N2CCN(C)CC2)cc1)C(=O)N1C[C@H](C(C)(C)C)[C@H]2OCC(=O)[C@H]21. The van der Waals surface area contributed by atoms with E-state index < -0.39 is 17.5 Å². The maximum Gasteiger partial charge on any atom is 0.251 e. The van der Waals surface area contributed by atoms with Crippen LogP contribution in [-0.4, -0.2) is 92.0 Å². The number of ketones is 1. The number of likely N-dealkylation sites (N-methyl/N-ethyl adjacent to an activating group) is 1. The molecule has 4 atom stereocenters. The lowest BCUT2D eigenvalue weighted by Gasteiger charge is -2.37. The van der Waals surface area contributed by atoms with Crippen LogP contribution >= 0.6 is 0 Å². The van der Waals surface area contributed by atoms with Crippen LogP contribution in [0.25, 0.3) is 0 Å². The maximum absolute atomic E-state index is 14.1. The molecule has 204 valence electrons. The minimum atomic E-state index is -0.755. The summed E-state index contributed by atoms with van der Waals surface area (Å²) in [5.74, 6) is -0.475. The minimum absolute atomic E-state index is 0.0412. The lowest BCUT2D eigenvalue weighted by molar-refractivity contribution is -0.140. The summed E-state index contributed by atoms with van der Waals surface area (Å²) in [6, 6.07) is 6.30. The number of carbonyl (C=O) groups is 3. The third-order valence-electron chi connectivity index (χ3n) is 8.79. The summed E-state index contributed by atoms with van der Waals surface area (Å²) >= 11 is 0. The number of nitrogens with zero attached hydrogens (tertiary/aromatic N) is 3. The molecule has 0 radical (unpaired) electrons. The molecule has 4 rings (SSSR count). The van der Waals surface area contributed by atoms with Crippen molar-refractivity contribution in [2.24, 2.45) is 16.7 Å². The normalized spacial score (nSPS) is 25.8. The van der Waals surface area contributed by atoms with Gasteiger partial charge in [-0.05, 0) is 48.6 Å². The van der Waals surface area contributed by atoms with Gasteiger partial charge in [-0.1, -0.05) is 41.5 Å². The highest BCUT2D eigenvalue weighted by Crippen LogP contribution is 2.42. The van der Waals surface area contributed by atoms with Crippen molar-refractivity contribution >= 4 is 23.3 Å². The fourth-order valence-electron chi connectivity index (χ4n) is 5.71. The number of likely N-dealkylation sites (tertiary alicyclic amines) is 1. The molecule has 1 N–H and O–H groups in total. The number of amides is 2. The number of benzene rings is 1. The van der Waals surface area contributed by atoms with Crippen molar-refractivity contribution in [1.29, 1.82) is 0 Å². The Hall–Kier alpha value is -2.45. The third kappa shape index (κ3) is 5.55. The summed E-state index contributed by atoms with van der Waals surface area (Å²) in [5.41, 5.74) is 1.01. The number of carbonyl (C=O) groups excluding carboxylic acids is 3. The topological polar surface area (TPSA) is 82.2 Å². The van der Waals surface area contributed by atoms with Gasteiger partial charge in [0.15, 0.2) is 5.78 Å². The zero-order valence-corrected chi connectivity index (χ0v) is 23.5. The highest BCUT2D eigenvalue weighted by atomic mass is 16.5. The van der Waals surface area contributed by atoms with E-state index in [0.29, 0.717) is 18.5 Å². The summed E-state index contributed by atoms with van der Waals surface area (Å²) < 4.78 is 5.88. The summed E-state index contributed by atoms with van der Waals surface area (Å²) in [6.07, 6.45) is 0.404. The van der Waals surface area contributed by atoms with Crippen molar-refractivity contribution in [3.05, 3.63) is 29.8 Å². The zero-order chi connectivity index (χ0) is 27.1. The Balaban J connectivity index is 1.53. The molecule has 3 fully saturated rings. The highest BCUT2D eigenvalue weighted by Gasteiger charge is 2.56. The van der Waals surface area contributed by atoms with Gasteiger partial charge in [-0.25, -0.2) is 0 Å². The number of piperazine rings is 1. The molecule has 0 aromatic heterocycles. The number of ether oxygens (including phenoxy) is 1. The van der Waals surface area contributed by atoms with Crippen LogP contribution in [-0.2, 0) is 14.3 Å². The smallest absolute Gasteiger partial charge is 0.251 e. The van der Waals surface area contributed by atoms with Crippen LogP contribution in [0.2, 0.25) is 0 Å². The van der Waals surface area contributed by atoms with Crippen LogP contribution in [0.3, 0.4) is 0 Å². The number of rotatable bonds is 6. The van der Waals surface area contributed by atoms with Gasteiger partial charge in [0.05, 0.1) is 6.10 Å². The summed E-state index contributed by atoms with van der Waals surface area (Å²) in [6.45, 7) is 16.8. The van der Waals surface area contributed by atoms with E-state index in [4.69, 9.17) is 4.74 Å². The van der Waals surface area contributed by atoms with Crippen LogP contribution in [0.5, 0.6) is 0 Å². The Morgan fingerprint density at radius 1 is 1.05 bits per heavy atom. The second-order valence-corrected chi connectivity index (χ2v) is 12.7. The molecule has 1 aromatic carbocycles. The molecule has 1 aromatic rings. The van der Waals surface area contributed by atoms with Crippen molar-refractivity contribution in [3.63, 3.8) is 0 Å². The third-order valence-corrected chi connectivity index (χ3v) is 8.79. The number of Topliss-reactive ketones (excluding diaryl/α,β-unsaturated/α-hetero) is 1. The fourth-order valence-corrected chi connectivity index (χ4v) is 5.71. The van der Waals surface area contributed by atoms with E-state index in [1.807, 2.05) is 45.0 Å². The van der Waals surface area contributed by atoms with Gasteiger partial charge in [-0.2, -0.15) is 0 Å². The molecule has 0 spiro atoms. The number of hydrogen-bond acceptors (Lipinski definition) is 6. The Bertz CT molecular complexity index is 1010. The van der Waals surface area contributed by atoms with E-state index in [1.54, 1.807) is 4.90 Å². The molecule has 2 amide bonds. The summed E-state index contributed by atoms with van der Waals surface area (Å²) in [5, 5.41) is 3.05. The first-order valence-electron chi connectivity index (χ1n) is 13.6. The van der Waals surface area contributed by atoms with E-state index in [9.17, 15) is 14.4 Å². The average Bonchev–Trinajstić information content (AvgIpc) is 3.43. The molecule has 3 aliphatic rings. The number of nitrogens with one attached hydrogen (secondary N) is 1. The Kier molecular flexibility index (Phi) is 7.73. The Morgan fingerprint density at radius 2 is 1.68 bits per heavy atom. The quantitative estimate of drug-likeness (QED) is 0.631. The van der Waals surface area contributed by atoms with Gasteiger partial charge in [0, 0.05) is 49.9 Å². The van der Waals surface area contributed by atoms with Gasteiger partial charge in [0.25, 0.3) is 5.91 Å². The van der Waals surface area contributed by atoms with Crippen LogP contribution < -0.4 is 10.2 Å². The summed E-state index contributed by atoms with van der Waals surface area (Å²) in [7, 11) is 2.13. The molecule has 0 unspecified atom stereocenters. The number of anilines is 1. The van der Waals surface area contributed by atoms with Gasteiger partial charge in [0.2, 0.25) is 5.91 Å². The first kappa shape index (κ1) is 27.6. The summed E-state index contributed by atoms with van der Waals surface area (Å²) in [4.78, 5) is 46.6. The molecule has 8 nitrogen and oxygen atoms in total. The van der Waals surface area contributed by atoms with E-state index in [2.05, 4.69) is 42.9 Å². The number of fused-ring (bicyclic) bond motifs is 1. The Morgan fingerprint density at radius 3 is 2.24 bits per heavy atom. The van der Waals surface area contributed by atoms with Crippen molar-refractivity contribution in [3.8, 4) is 0 Å². The molecular formula is C29H44N4O4. The first-order valence-corrected chi connectivity index (χ1v) is 13.6. The second-order valence-electron chi connectivity index (χ2n) is 12.7. The molecule has 0 aliphatic carbocycles. The maximum atomic E-state index is 14.1. The molecule has 37 heavy (non-hydrogen) atoms. The largest absolute Gasteiger partial charge is 0.369 e. The molecule has 3 aliphatic heterocycles. The first-order chi connectivity index (χ1) is 17.3. The Labute approximate surface area is 221 Å². The predicted octanol–water partition coefficient (Wildman–Crippen LogP) is 2.81. The van der Waals surface area contributed by atoms with Crippen LogP contribution in [0.15, 0.2) is 24.3 Å². The highest BCUT2D eigenvalue weighted by molar-refractivity contribution is 5.99. The van der Waals surface area contributed by atoms with Crippen LogP contribution in [0.1, 0.15) is 58.3 Å². The van der Waals surface area contributed by atoms with E-state index in [-0.39, 0.29) is 41.6 Å². The van der Waals surface area contributed by atoms with Crippen LogP contribution in [0.4, 0.5) is 5.69 Å². The molecule has 3 heterocycles. The van der Waals surface area contributed by atoms with Crippen LogP contribution in [0, 0.1) is 16.7 Å². The van der Waals surface area contributed by atoms with Crippen molar-refractivity contribution in [2.45, 2.75) is 66.2 Å². The van der Waals surface area contributed by atoms with Crippen molar-refractivity contribution in [2.75, 3.05) is 51.3 Å². The van der Waals surface area contributed by atoms with Gasteiger partial charge < -0.3 is 24.8 Å². The molecule has 3 saturated heterocycles. The van der Waals surface area contributed by atoms with Crippen molar-refractivity contribution in [1.82, 2.24) is 15.1 Å². The molecular weight excluding hydrogens is 468 g/mol. The average molecular weight is 513 g/mol. The van der Waals surface area contributed by atoms with E-state index >= 15 is 0 Å². The lowest BCUT2D eigenvalue weighted by Crippen LogP contribution is -2.57. The van der Waals surface area contributed by atoms with Gasteiger partial charge >= 0.3 is 0 Å². The monoisotopic (exact) mass is 512 g/mol. The lowest BCUT2D eigenvalue weighted by atomic mass is 9.78. The molecule has 8 heteroatoms. The number of hydrogen-bond donors (Lipinski definition) is 1. The fraction of sp³-hybridized carbons (Fsp3) is 0.690.